The summed E-state index contributed by atoms with van der Waals surface area (Å²) in [6, 6.07) is 7.26. The summed E-state index contributed by atoms with van der Waals surface area (Å²) >= 11 is 5.93. The van der Waals surface area contributed by atoms with E-state index in [1.807, 2.05) is 0 Å². The highest BCUT2D eigenvalue weighted by Crippen LogP contribution is 2.37. The molecule has 0 fully saturated rings. The third kappa shape index (κ3) is 3.42. The van der Waals surface area contributed by atoms with Crippen LogP contribution in [0.2, 0.25) is 5.02 Å². The summed E-state index contributed by atoms with van der Waals surface area (Å²) in [6.07, 6.45) is -4.52. The molecule has 2 aromatic carbocycles. The van der Waals surface area contributed by atoms with Gasteiger partial charge in [-0.25, -0.2) is 9.78 Å². The molecule has 0 aliphatic heterocycles. The van der Waals surface area contributed by atoms with Crippen LogP contribution in [0.1, 0.15) is 21.5 Å². The van der Waals surface area contributed by atoms with Crippen LogP contribution in [-0.2, 0) is 10.9 Å². The van der Waals surface area contributed by atoms with Gasteiger partial charge in [-0.1, -0.05) is 23.7 Å². The number of hydrogen-bond donors (Lipinski definition) is 1. The fraction of sp³-hybridized carbons (Fsp3) is 0.158. The Morgan fingerprint density at radius 1 is 1.22 bits per heavy atom. The number of phenolic OH excluding ortho intramolecular Hbond substituents is 1. The van der Waals surface area contributed by atoms with E-state index in [9.17, 15) is 23.1 Å². The molecule has 3 rings (SSSR count). The second kappa shape index (κ2) is 6.74. The lowest BCUT2D eigenvalue weighted by Gasteiger charge is -2.15. The highest BCUT2D eigenvalue weighted by molar-refractivity contribution is 6.33. The molecule has 0 bridgehead atoms. The molecule has 27 heavy (non-hydrogen) atoms. The van der Waals surface area contributed by atoms with Crippen LogP contribution in [0.4, 0.5) is 13.2 Å². The Hall–Kier alpha value is -2.80. The first-order valence-electron chi connectivity index (χ1n) is 7.72. The summed E-state index contributed by atoms with van der Waals surface area (Å²) in [5.41, 5.74) is 0.196. The monoisotopic (exact) mass is 395 g/mol. The number of alkyl halides is 3. The third-order valence-corrected chi connectivity index (χ3v) is 4.45. The van der Waals surface area contributed by atoms with Gasteiger partial charge in [0.15, 0.2) is 0 Å². The van der Waals surface area contributed by atoms with E-state index in [0.29, 0.717) is 10.9 Å². The predicted molar refractivity (Wildman–Crippen MR) is 94.9 cm³/mol. The second-order valence-corrected chi connectivity index (χ2v) is 6.26. The van der Waals surface area contributed by atoms with Gasteiger partial charge in [-0.15, -0.1) is 0 Å². The van der Waals surface area contributed by atoms with Gasteiger partial charge in [0.2, 0.25) is 0 Å². The highest BCUT2D eigenvalue weighted by atomic mass is 35.5. The fourth-order valence-corrected chi connectivity index (χ4v) is 3.02. The van der Waals surface area contributed by atoms with E-state index in [4.69, 9.17) is 16.3 Å². The quantitative estimate of drug-likeness (QED) is 0.592. The van der Waals surface area contributed by atoms with Crippen LogP contribution < -0.4 is 0 Å². The van der Waals surface area contributed by atoms with Crippen molar-refractivity contribution in [3.8, 4) is 17.0 Å². The van der Waals surface area contributed by atoms with Crippen molar-refractivity contribution in [1.29, 1.82) is 0 Å². The smallest absolute Gasteiger partial charge is 0.416 e. The molecule has 0 saturated carbocycles. The number of aromatic hydroxyl groups is 1. The number of hydrogen-bond acceptors (Lipinski definition) is 4. The van der Waals surface area contributed by atoms with Gasteiger partial charge in [-0.2, -0.15) is 13.2 Å². The average molecular weight is 396 g/mol. The number of esters is 1. The number of ether oxygens (including phenoxy) is 1. The molecule has 0 amide bonds. The number of methoxy groups -OCH3 is 1. The average Bonchev–Trinajstić information content (AvgIpc) is 2.61. The normalized spacial score (nSPS) is 11.6. The lowest BCUT2D eigenvalue weighted by atomic mass is 9.96. The van der Waals surface area contributed by atoms with E-state index in [-0.39, 0.29) is 33.1 Å². The minimum absolute atomic E-state index is 0.0145. The summed E-state index contributed by atoms with van der Waals surface area (Å²) in [4.78, 5) is 16.7. The van der Waals surface area contributed by atoms with Crippen molar-refractivity contribution in [1.82, 2.24) is 4.98 Å². The number of nitrogens with zero attached hydrogens (tertiary/aromatic N) is 1. The van der Waals surface area contributed by atoms with Crippen LogP contribution >= 0.6 is 11.6 Å². The molecule has 0 spiro atoms. The van der Waals surface area contributed by atoms with Crippen molar-refractivity contribution in [3.05, 3.63) is 58.1 Å². The second-order valence-electron chi connectivity index (χ2n) is 5.85. The number of benzene rings is 2. The van der Waals surface area contributed by atoms with Gasteiger partial charge in [-0.3, -0.25) is 0 Å². The molecule has 0 saturated heterocycles. The number of pyridine rings is 1. The third-order valence-electron chi connectivity index (χ3n) is 4.15. The zero-order valence-corrected chi connectivity index (χ0v) is 14.9. The predicted octanol–water partition coefficient (Wildman–Crippen LogP) is 5.37. The highest BCUT2D eigenvalue weighted by Gasteiger charge is 2.31. The number of halogens is 4. The minimum atomic E-state index is -4.52. The van der Waals surface area contributed by atoms with Crippen molar-refractivity contribution in [2.45, 2.75) is 13.1 Å². The van der Waals surface area contributed by atoms with Gasteiger partial charge < -0.3 is 9.84 Å². The SMILES string of the molecule is COC(=O)c1c(C)c(-c2cccc(C(F)(F)F)c2)nc2cc(O)c(Cl)cc12. The maximum Gasteiger partial charge on any atom is 0.416 e. The van der Waals surface area contributed by atoms with Gasteiger partial charge >= 0.3 is 12.1 Å². The first-order valence-corrected chi connectivity index (χ1v) is 8.10. The zero-order valence-electron chi connectivity index (χ0n) is 14.2. The Morgan fingerprint density at radius 3 is 2.56 bits per heavy atom. The van der Waals surface area contributed by atoms with Crippen molar-refractivity contribution in [2.24, 2.45) is 0 Å². The number of phenols is 1. The first-order chi connectivity index (χ1) is 12.6. The number of fused-ring (bicyclic) bond motifs is 1. The molecular formula is C19H13ClF3NO3. The summed E-state index contributed by atoms with van der Waals surface area (Å²) in [5, 5.41) is 10.2. The van der Waals surface area contributed by atoms with Crippen molar-refractivity contribution in [2.75, 3.05) is 7.11 Å². The van der Waals surface area contributed by atoms with Gasteiger partial charge in [0.25, 0.3) is 0 Å². The Morgan fingerprint density at radius 2 is 1.93 bits per heavy atom. The minimum Gasteiger partial charge on any atom is -0.506 e. The molecule has 8 heteroatoms. The number of rotatable bonds is 2. The largest absolute Gasteiger partial charge is 0.506 e. The van der Waals surface area contributed by atoms with E-state index in [2.05, 4.69) is 4.98 Å². The molecule has 4 nitrogen and oxygen atoms in total. The number of aromatic nitrogens is 1. The molecule has 1 N–H and O–H groups in total. The van der Waals surface area contributed by atoms with E-state index >= 15 is 0 Å². The molecular weight excluding hydrogens is 383 g/mol. The molecule has 1 aromatic heterocycles. The van der Waals surface area contributed by atoms with E-state index in [1.54, 1.807) is 6.92 Å². The van der Waals surface area contributed by atoms with Crippen LogP contribution in [0.5, 0.6) is 5.75 Å². The van der Waals surface area contributed by atoms with Crippen molar-refractivity contribution >= 4 is 28.5 Å². The fourth-order valence-electron chi connectivity index (χ4n) is 2.86. The molecule has 3 aromatic rings. The van der Waals surface area contributed by atoms with Crippen LogP contribution in [0.15, 0.2) is 36.4 Å². The molecule has 0 atom stereocenters. The van der Waals surface area contributed by atoms with Crippen LogP contribution in [0, 0.1) is 6.92 Å². The Labute approximate surface area is 157 Å². The molecule has 0 aliphatic rings. The molecule has 0 radical (unpaired) electrons. The van der Waals surface area contributed by atoms with Crippen LogP contribution in [0.25, 0.3) is 22.2 Å². The molecule has 1 heterocycles. The van der Waals surface area contributed by atoms with Crippen molar-refractivity contribution < 1.29 is 27.8 Å². The standard InChI is InChI=1S/C19H13ClF3NO3/c1-9-16(18(26)27-2)12-7-13(20)15(25)8-14(12)24-17(9)10-4-3-5-11(6-10)19(21,22)23/h3-8,25H,1-2H3. The summed E-state index contributed by atoms with van der Waals surface area (Å²) in [6.45, 7) is 1.56. The van der Waals surface area contributed by atoms with Gasteiger partial charge in [0.1, 0.15) is 5.75 Å². The van der Waals surface area contributed by atoms with Gasteiger partial charge in [-0.05, 0) is 30.7 Å². The van der Waals surface area contributed by atoms with E-state index < -0.39 is 17.7 Å². The summed E-state index contributed by atoms with van der Waals surface area (Å²) in [5.74, 6) is -0.943. The topological polar surface area (TPSA) is 59.4 Å². The lowest BCUT2D eigenvalue weighted by Crippen LogP contribution is -2.08. The zero-order chi connectivity index (χ0) is 19.9. The number of carbonyl (C=O) groups excluding carboxylic acids is 1. The van der Waals surface area contributed by atoms with Gasteiger partial charge in [0, 0.05) is 17.0 Å². The summed E-state index contributed by atoms with van der Waals surface area (Å²) in [7, 11) is 1.19. The Bertz CT molecular complexity index is 1060. The molecule has 140 valence electrons. The maximum absolute atomic E-state index is 13.1. The Kier molecular flexibility index (Phi) is 4.73. The van der Waals surface area contributed by atoms with E-state index in [0.717, 1.165) is 12.1 Å². The van der Waals surface area contributed by atoms with Crippen LogP contribution in [0.3, 0.4) is 0 Å². The first kappa shape index (κ1) is 19.0. The van der Waals surface area contributed by atoms with E-state index in [1.165, 1.54) is 31.4 Å². The van der Waals surface area contributed by atoms with Crippen LogP contribution in [-0.4, -0.2) is 23.2 Å². The molecule has 0 aliphatic carbocycles. The maximum atomic E-state index is 13.1. The lowest BCUT2D eigenvalue weighted by molar-refractivity contribution is -0.137. The number of carbonyl (C=O) groups is 1. The molecule has 0 unspecified atom stereocenters. The van der Waals surface area contributed by atoms with Gasteiger partial charge in [0.05, 0.1) is 34.5 Å². The van der Waals surface area contributed by atoms with Crippen molar-refractivity contribution in [3.63, 3.8) is 0 Å². The summed E-state index contributed by atoms with van der Waals surface area (Å²) < 4.78 is 44.0. The Balaban J connectivity index is 2.36.